The van der Waals surface area contributed by atoms with Crippen LogP contribution in [0.3, 0.4) is 0 Å². The molecule has 0 bridgehead atoms. The van der Waals surface area contributed by atoms with E-state index in [1.807, 2.05) is 19.1 Å². The first-order valence-corrected chi connectivity index (χ1v) is 11.9. The van der Waals surface area contributed by atoms with Gasteiger partial charge in [0.2, 0.25) is 0 Å². The minimum atomic E-state index is 0. The van der Waals surface area contributed by atoms with E-state index < -0.39 is 0 Å². The minimum Gasteiger partial charge on any atom is -0.493 e. The molecular formula is C30H32ClNO2. The molecule has 0 aliphatic carbocycles. The first-order chi connectivity index (χ1) is 16.3. The predicted molar refractivity (Wildman–Crippen MR) is 143 cm³/mol. The zero-order valence-electron chi connectivity index (χ0n) is 19.6. The van der Waals surface area contributed by atoms with Crippen molar-refractivity contribution in [2.24, 2.45) is 0 Å². The Morgan fingerprint density at radius 3 is 2.56 bits per heavy atom. The largest absolute Gasteiger partial charge is 0.493 e. The van der Waals surface area contributed by atoms with Crippen molar-refractivity contribution in [3.8, 4) is 16.9 Å². The van der Waals surface area contributed by atoms with E-state index in [2.05, 4.69) is 84.2 Å². The van der Waals surface area contributed by atoms with Gasteiger partial charge in [-0.25, -0.2) is 0 Å². The molecule has 1 heterocycles. The molecule has 0 spiro atoms. The highest BCUT2D eigenvalue weighted by molar-refractivity contribution is 5.85. The average molecular weight is 474 g/mol. The van der Waals surface area contributed by atoms with Crippen molar-refractivity contribution in [3.63, 3.8) is 0 Å². The number of rotatable bonds is 7. The maximum Gasteiger partial charge on any atom is 0.127 e. The lowest BCUT2D eigenvalue weighted by molar-refractivity contribution is 0.0107. The topological polar surface area (TPSA) is 30.5 Å². The van der Waals surface area contributed by atoms with E-state index in [9.17, 15) is 0 Å². The number of para-hydroxylation sites is 1. The van der Waals surface area contributed by atoms with Crippen LogP contribution in [-0.4, -0.2) is 25.8 Å². The van der Waals surface area contributed by atoms with Crippen LogP contribution < -0.4 is 10.1 Å². The molecule has 176 valence electrons. The second-order valence-corrected chi connectivity index (χ2v) is 8.68. The summed E-state index contributed by atoms with van der Waals surface area (Å²) < 4.78 is 12.4. The second-order valence-electron chi connectivity index (χ2n) is 8.68. The van der Waals surface area contributed by atoms with Gasteiger partial charge in [-0.1, -0.05) is 78.9 Å². The lowest BCUT2D eigenvalue weighted by atomic mass is 9.86. The van der Waals surface area contributed by atoms with Crippen molar-refractivity contribution < 1.29 is 9.47 Å². The van der Waals surface area contributed by atoms with Crippen molar-refractivity contribution in [2.45, 2.75) is 32.0 Å². The Bertz CT molecular complexity index is 1230. The highest BCUT2D eigenvalue weighted by Crippen LogP contribution is 2.34. The molecule has 2 atom stereocenters. The molecule has 1 saturated heterocycles. The average Bonchev–Trinajstić information content (AvgIpc) is 2.88. The molecule has 0 saturated carbocycles. The SMILES string of the molecule is CCOc1ccccc1-c1cccc([C@H]2CCNC[C@@H]2OCc2ccc3ccccc3c2)c1.Cl. The molecule has 34 heavy (non-hydrogen) atoms. The van der Waals surface area contributed by atoms with Crippen LogP contribution in [0.5, 0.6) is 5.75 Å². The Kier molecular flexibility index (Phi) is 8.23. The smallest absolute Gasteiger partial charge is 0.127 e. The summed E-state index contributed by atoms with van der Waals surface area (Å²) >= 11 is 0. The first kappa shape index (κ1) is 24.3. The molecule has 1 N–H and O–H groups in total. The molecule has 4 aromatic carbocycles. The lowest BCUT2D eigenvalue weighted by Crippen LogP contribution is -2.41. The lowest BCUT2D eigenvalue weighted by Gasteiger charge is -2.33. The molecule has 1 aliphatic rings. The molecule has 4 heteroatoms. The van der Waals surface area contributed by atoms with Crippen molar-refractivity contribution in [2.75, 3.05) is 19.7 Å². The van der Waals surface area contributed by atoms with Gasteiger partial charge in [0.25, 0.3) is 0 Å². The summed E-state index contributed by atoms with van der Waals surface area (Å²) in [4.78, 5) is 0. The van der Waals surface area contributed by atoms with Gasteiger partial charge in [-0.15, -0.1) is 12.4 Å². The Labute approximate surface area is 208 Å². The summed E-state index contributed by atoms with van der Waals surface area (Å²) in [6.45, 7) is 5.20. The number of benzene rings is 4. The van der Waals surface area contributed by atoms with Gasteiger partial charge in [-0.05, 0) is 59.5 Å². The highest BCUT2D eigenvalue weighted by atomic mass is 35.5. The van der Waals surface area contributed by atoms with E-state index in [0.29, 0.717) is 19.1 Å². The van der Waals surface area contributed by atoms with Gasteiger partial charge >= 0.3 is 0 Å². The number of piperidine rings is 1. The number of halogens is 1. The summed E-state index contributed by atoms with van der Waals surface area (Å²) in [5.74, 6) is 1.30. The molecule has 0 radical (unpaired) electrons. The summed E-state index contributed by atoms with van der Waals surface area (Å²) in [6.07, 6.45) is 1.21. The van der Waals surface area contributed by atoms with Crippen LogP contribution in [0.1, 0.15) is 30.4 Å². The van der Waals surface area contributed by atoms with Crippen LogP contribution in [0.2, 0.25) is 0 Å². The normalized spacial score (nSPS) is 17.8. The third-order valence-corrected chi connectivity index (χ3v) is 6.52. The molecule has 0 amide bonds. The van der Waals surface area contributed by atoms with E-state index in [1.165, 1.54) is 27.5 Å². The molecule has 3 nitrogen and oxygen atoms in total. The number of fused-ring (bicyclic) bond motifs is 1. The second kappa shape index (κ2) is 11.5. The number of ether oxygens (including phenoxy) is 2. The Morgan fingerprint density at radius 1 is 0.853 bits per heavy atom. The van der Waals surface area contributed by atoms with Crippen LogP contribution in [0, 0.1) is 0 Å². The van der Waals surface area contributed by atoms with Gasteiger partial charge in [-0.3, -0.25) is 0 Å². The summed E-state index contributed by atoms with van der Waals surface area (Å²) in [5.41, 5.74) is 4.90. The third-order valence-electron chi connectivity index (χ3n) is 6.52. The number of hydrogen-bond acceptors (Lipinski definition) is 3. The molecule has 0 unspecified atom stereocenters. The third kappa shape index (κ3) is 5.44. The highest BCUT2D eigenvalue weighted by Gasteiger charge is 2.27. The Hall–Kier alpha value is -2.85. The zero-order chi connectivity index (χ0) is 22.5. The molecule has 0 aromatic heterocycles. The van der Waals surface area contributed by atoms with Gasteiger partial charge in [0.15, 0.2) is 0 Å². The quantitative estimate of drug-likeness (QED) is 0.313. The fourth-order valence-electron chi connectivity index (χ4n) is 4.84. The monoisotopic (exact) mass is 473 g/mol. The fourth-order valence-corrected chi connectivity index (χ4v) is 4.84. The van der Waals surface area contributed by atoms with Crippen LogP contribution in [0.25, 0.3) is 21.9 Å². The van der Waals surface area contributed by atoms with E-state index in [4.69, 9.17) is 9.47 Å². The zero-order valence-corrected chi connectivity index (χ0v) is 20.4. The first-order valence-electron chi connectivity index (χ1n) is 11.9. The summed E-state index contributed by atoms with van der Waals surface area (Å²) in [5, 5.41) is 6.06. The van der Waals surface area contributed by atoms with Crippen molar-refractivity contribution >= 4 is 23.2 Å². The van der Waals surface area contributed by atoms with Gasteiger partial charge < -0.3 is 14.8 Å². The van der Waals surface area contributed by atoms with Crippen LogP contribution >= 0.6 is 12.4 Å². The van der Waals surface area contributed by atoms with Crippen LogP contribution in [-0.2, 0) is 11.3 Å². The van der Waals surface area contributed by atoms with E-state index >= 15 is 0 Å². The van der Waals surface area contributed by atoms with Gasteiger partial charge in [0.1, 0.15) is 5.75 Å². The summed E-state index contributed by atoms with van der Waals surface area (Å²) in [6, 6.07) is 32.3. The van der Waals surface area contributed by atoms with E-state index in [1.54, 1.807) is 0 Å². The molecule has 1 fully saturated rings. The van der Waals surface area contributed by atoms with Gasteiger partial charge in [-0.2, -0.15) is 0 Å². The molecule has 1 aliphatic heterocycles. The van der Waals surface area contributed by atoms with Crippen LogP contribution in [0.15, 0.2) is 91.0 Å². The van der Waals surface area contributed by atoms with Crippen molar-refractivity contribution in [1.29, 1.82) is 0 Å². The molecule has 5 rings (SSSR count). The van der Waals surface area contributed by atoms with Crippen molar-refractivity contribution in [1.82, 2.24) is 5.32 Å². The standard InChI is InChI=1S/C30H31NO2.ClH/c1-2-32-29-13-6-5-12-27(29)25-10-7-11-26(19-25)28-16-17-31-20-30(28)33-21-22-14-15-23-8-3-4-9-24(23)18-22;/h3-15,18-19,28,30-31H,2,16-17,20-21H2,1H3;1H/t28-,30+;/m1./s1. The van der Waals surface area contributed by atoms with Crippen LogP contribution in [0.4, 0.5) is 0 Å². The van der Waals surface area contributed by atoms with E-state index in [0.717, 1.165) is 30.8 Å². The van der Waals surface area contributed by atoms with E-state index in [-0.39, 0.29) is 18.5 Å². The van der Waals surface area contributed by atoms with Gasteiger partial charge in [0.05, 0.1) is 19.3 Å². The number of hydrogen-bond donors (Lipinski definition) is 1. The Balaban J connectivity index is 0.00000274. The Morgan fingerprint density at radius 2 is 1.68 bits per heavy atom. The maximum atomic E-state index is 6.51. The number of nitrogens with one attached hydrogen (secondary N) is 1. The van der Waals surface area contributed by atoms with Crippen molar-refractivity contribution in [3.05, 3.63) is 102 Å². The molecular weight excluding hydrogens is 442 g/mol. The predicted octanol–water partition coefficient (Wildman–Crippen LogP) is 6.99. The maximum absolute atomic E-state index is 6.51. The molecule has 4 aromatic rings. The summed E-state index contributed by atoms with van der Waals surface area (Å²) in [7, 11) is 0. The fraction of sp³-hybridized carbons (Fsp3) is 0.267. The van der Waals surface area contributed by atoms with Gasteiger partial charge in [0, 0.05) is 18.0 Å². The minimum absolute atomic E-state index is 0.